The largest absolute Gasteiger partial charge is 0.481 e. The first-order valence-electron chi connectivity index (χ1n) is 8.09. The van der Waals surface area contributed by atoms with Crippen LogP contribution in [-0.2, 0) is 21.4 Å². The minimum atomic E-state index is -3.63. The summed E-state index contributed by atoms with van der Waals surface area (Å²) >= 11 is 6.07. The van der Waals surface area contributed by atoms with Crippen molar-refractivity contribution in [3.8, 4) is 0 Å². The van der Waals surface area contributed by atoms with Gasteiger partial charge in [-0.25, -0.2) is 4.72 Å². The van der Waals surface area contributed by atoms with Crippen molar-refractivity contribution in [2.75, 3.05) is 13.1 Å². The van der Waals surface area contributed by atoms with E-state index in [1.807, 2.05) is 0 Å². The zero-order valence-electron chi connectivity index (χ0n) is 13.2. The topological polar surface area (TPSA) is 86.7 Å². The normalized spacial score (nSPS) is 25.0. The van der Waals surface area contributed by atoms with Crippen molar-refractivity contribution in [1.82, 2.24) is 9.03 Å². The molecule has 1 aliphatic heterocycles. The predicted molar refractivity (Wildman–Crippen MR) is 91.0 cm³/mol. The van der Waals surface area contributed by atoms with Gasteiger partial charge < -0.3 is 5.11 Å². The Balaban J connectivity index is 1.64. The van der Waals surface area contributed by atoms with Crippen LogP contribution in [-0.4, -0.2) is 42.9 Å². The molecule has 2 fully saturated rings. The SMILES string of the molecule is O=C(O)C(CNS(=O)(=O)N1CC2CCC1C2)Cc1ccccc1Cl. The Hall–Kier alpha value is -1.15. The van der Waals surface area contributed by atoms with Gasteiger partial charge in [0.25, 0.3) is 10.2 Å². The molecule has 24 heavy (non-hydrogen) atoms. The Morgan fingerprint density at radius 1 is 1.38 bits per heavy atom. The molecule has 1 saturated heterocycles. The van der Waals surface area contributed by atoms with Gasteiger partial charge in [0, 0.05) is 24.2 Å². The van der Waals surface area contributed by atoms with E-state index in [1.54, 1.807) is 24.3 Å². The average molecular weight is 373 g/mol. The highest BCUT2D eigenvalue weighted by Crippen LogP contribution is 2.38. The van der Waals surface area contributed by atoms with E-state index in [-0.39, 0.29) is 19.0 Å². The smallest absolute Gasteiger partial charge is 0.308 e. The maximum atomic E-state index is 12.5. The second-order valence-electron chi connectivity index (χ2n) is 6.59. The van der Waals surface area contributed by atoms with Crippen LogP contribution in [0.1, 0.15) is 24.8 Å². The minimum absolute atomic E-state index is 0.0688. The van der Waals surface area contributed by atoms with Crippen LogP contribution in [0.5, 0.6) is 0 Å². The van der Waals surface area contributed by atoms with Gasteiger partial charge in [-0.15, -0.1) is 0 Å². The maximum Gasteiger partial charge on any atom is 0.308 e. The summed E-state index contributed by atoms with van der Waals surface area (Å²) in [4.78, 5) is 11.5. The van der Waals surface area contributed by atoms with Crippen LogP contribution in [0.25, 0.3) is 0 Å². The average Bonchev–Trinajstić information content (AvgIpc) is 3.16. The van der Waals surface area contributed by atoms with E-state index >= 15 is 0 Å². The van der Waals surface area contributed by atoms with Crippen molar-refractivity contribution in [1.29, 1.82) is 0 Å². The summed E-state index contributed by atoms with van der Waals surface area (Å²) in [6.45, 7) is 0.402. The summed E-state index contributed by atoms with van der Waals surface area (Å²) in [6.07, 6.45) is 3.08. The van der Waals surface area contributed by atoms with Crippen molar-refractivity contribution >= 4 is 27.8 Å². The van der Waals surface area contributed by atoms with Gasteiger partial charge in [0.2, 0.25) is 0 Å². The fraction of sp³-hybridized carbons (Fsp3) is 0.562. The fourth-order valence-electron chi connectivity index (χ4n) is 3.64. The molecule has 6 nitrogen and oxygen atoms in total. The van der Waals surface area contributed by atoms with E-state index in [2.05, 4.69) is 4.72 Å². The zero-order chi connectivity index (χ0) is 17.3. The number of benzene rings is 1. The summed E-state index contributed by atoms with van der Waals surface area (Å²) in [6, 6.07) is 7.07. The summed E-state index contributed by atoms with van der Waals surface area (Å²) in [5.74, 6) is -1.45. The monoisotopic (exact) mass is 372 g/mol. The third kappa shape index (κ3) is 3.74. The van der Waals surface area contributed by atoms with Gasteiger partial charge in [-0.3, -0.25) is 4.79 Å². The lowest BCUT2D eigenvalue weighted by molar-refractivity contribution is -0.141. The molecule has 0 radical (unpaired) electrons. The van der Waals surface area contributed by atoms with Crippen LogP contribution in [0.3, 0.4) is 0 Å². The zero-order valence-corrected chi connectivity index (χ0v) is 14.8. The number of piperidine rings is 1. The van der Waals surface area contributed by atoms with Gasteiger partial charge in [-0.2, -0.15) is 12.7 Å². The first-order chi connectivity index (χ1) is 11.4. The van der Waals surface area contributed by atoms with Gasteiger partial charge in [-0.05, 0) is 43.2 Å². The fourth-order valence-corrected chi connectivity index (χ4v) is 5.42. The Bertz CT molecular complexity index is 725. The predicted octanol–water partition coefficient (Wildman–Crippen LogP) is 1.90. The molecule has 0 aromatic heterocycles. The lowest BCUT2D eigenvalue weighted by Gasteiger charge is -2.26. The summed E-state index contributed by atoms with van der Waals surface area (Å²) in [5.41, 5.74) is 0.700. The van der Waals surface area contributed by atoms with Crippen LogP contribution >= 0.6 is 11.6 Å². The van der Waals surface area contributed by atoms with E-state index < -0.39 is 22.1 Å². The molecule has 8 heteroatoms. The number of nitrogens with one attached hydrogen (secondary N) is 1. The molecule has 0 amide bonds. The maximum absolute atomic E-state index is 12.5. The molecule has 2 aliphatic rings. The lowest BCUT2D eigenvalue weighted by Crippen LogP contribution is -2.47. The molecular formula is C16H21ClN2O4S. The van der Waals surface area contributed by atoms with Crippen LogP contribution in [0.4, 0.5) is 0 Å². The van der Waals surface area contributed by atoms with Gasteiger partial charge >= 0.3 is 5.97 Å². The third-order valence-electron chi connectivity index (χ3n) is 4.95. The molecule has 1 aliphatic carbocycles. The number of carboxylic acids is 1. The molecule has 3 unspecified atom stereocenters. The number of halogens is 1. The second kappa shape index (κ2) is 7.00. The van der Waals surface area contributed by atoms with Gasteiger partial charge in [0.15, 0.2) is 0 Å². The molecule has 1 aromatic rings. The molecule has 3 rings (SSSR count). The first-order valence-corrected chi connectivity index (χ1v) is 9.91. The highest BCUT2D eigenvalue weighted by molar-refractivity contribution is 7.87. The van der Waals surface area contributed by atoms with Crippen molar-refractivity contribution in [2.45, 2.75) is 31.7 Å². The van der Waals surface area contributed by atoms with Crippen molar-refractivity contribution in [3.63, 3.8) is 0 Å². The highest BCUT2D eigenvalue weighted by atomic mass is 35.5. The van der Waals surface area contributed by atoms with Crippen molar-refractivity contribution < 1.29 is 18.3 Å². The lowest BCUT2D eigenvalue weighted by atomic mass is 10.00. The second-order valence-corrected chi connectivity index (χ2v) is 8.70. The summed E-state index contributed by atoms with van der Waals surface area (Å²) in [5, 5.41) is 9.89. The van der Waals surface area contributed by atoms with Gasteiger partial charge in [0.05, 0.1) is 5.92 Å². The van der Waals surface area contributed by atoms with Crippen molar-refractivity contribution in [3.05, 3.63) is 34.9 Å². The van der Waals surface area contributed by atoms with Crippen LogP contribution < -0.4 is 4.72 Å². The Morgan fingerprint density at radius 2 is 2.12 bits per heavy atom. The van der Waals surface area contributed by atoms with Gasteiger partial charge in [-0.1, -0.05) is 29.8 Å². The van der Waals surface area contributed by atoms with Crippen LogP contribution in [0, 0.1) is 11.8 Å². The molecule has 1 aromatic carbocycles. The Labute approximate surface area is 147 Å². The minimum Gasteiger partial charge on any atom is -0.481 e. The van der Waals surface area contributed by atoms with E-state index in [9.17, 15) is 18.3 Å². The first kappa shape index (κ1) is 17.7. The third-order valence-corrected chi connectivity index (χ3v) is 6.92. The molecule has 2 N–H and O–H groups in total. The summed E-state index contributed by atoms with van der Waals surface area (Å²) < 4.78 is 28.9. The van der Waals surface area contributed by atoms with Crippen LogP contribution in [0.15, 0.2) is 24.3 Å². The molecule has 132 valence electrons. The van der Waals surface area contributed by atoms with Gasteiger partial charge in [0.1, 0.15) is 0 Å². The number of rotatable bonds is 7. The molecule has 1 saturated carbocycles. The number of aliphatic carboxylic acids is 1. The Kier molecular flexibility index (Phi) is 5.15. The van der Waals surface area contributed by atoms with E-state index in [4.69, 9.17) is 11.6 Å². The van der Waals surface area contributed by atoms with Crippen LogP contribution in [0.2, 0.25) is 5.02 Å². The summed E-state index contributed by atoms with van der Waals surface area (Å²) in [7, 11) is -3.63. The number of fused-ring (bicyclic) bond motifs is 2. The number of nitrogens with zero attached hydrogens (tertiary/aromatic N) is 1. The quantitative estimate of drug-likeness (QED) is 0.765. The standard InChI is InChI=1S/C16H21ClN2O4S/c17-15-4-2-1-3-12(15)8-13(16(20)21)9-18-24(22,23)19-10-11-5-6-14(19)7-11/h1-4,11,13-14,18H,5-10H2,(H,20,21). The van der Waals surface area contributed by atoms with E-state index in [1.165, 1.54) is 4.31 Å². The molecule has 2 bridgehead atoms. The number of carboxylic acid groups (broad SMARTS) is 1. The molecular weight excluding hydrogens is 352 g/mol. The van der Waals surface area contributed by atoms with E-state index in [0.29, 0.717) is 23.0 Å². The number of carbonyl (C=O) groups is 1. The number of hydrogen-bond donors (Lipinski definition) is 2. The Morgan fingerprint density at radius 3 is 2.71 bits per heavy atom. The molecule has 1 heterocycles. The highest BCUT2D eigenvalue weighted by Gasteiger charge is 2.43. The molecule has 3 atom stereocenters. The van der Waals surface area contributed by atoms with E-state index in [0.717, 1.165) is 19.3 Å². The number of hydrogen-bond acceptors (Lipinski definition) is 3. The van der Waals surface area contributed by atoms with Crippen molar-refractivity contribution in [2.24, 2.45) is 11.8 Å². The molecule has 0 spiro atoms.